The summed E-state index contributed by atoms with van der Waals surface area (Å²) in [6, 6.07) is 0.576. The number of nitrogens with zero attached hydrogens (tertiary/aromatic N) is 2. The Morgan fingerprint density at radius 1 is 1.71 bits per heavy atom. The largest absolute Gasteiger partial charge is 0.396 e. The maximum absolute atomic E-state index is 8.88. The molecular weight excluding hydrogens is 196 g/mol. The first kappa shape index (κ1) is 10.1. The molecule has 3 nitrogen and oxygen atoms in total. The van der Waals surface area contributed by atoms with E-state index in [0.717, 1.165) is 6.42 Å². The summed E-state index contributed by atoms with van der Waals surface area (Å²) in [6.45, 7) is 2.31. The molecule has 0 bridgehead atoms. The van der Waals surface area contributed by atoms with Gasteiger partial charge in [0, 0.05) is 18.1 Å². The summed E-state index contributed by atoms with van der Waals surface area (Å²) in [5.41, 5.74) is 2.41. The smallest absolute Gasteiger partial charge is 0.0620 e. The summed E-state index contributed by atoms with van der Waals surface area (Å²) >= 11 is 2.00. The second kappa shape index (κ2) is 4.36. The zero-order valence-corrected chi connectivity index (χ0v) is 9.26. The first-order valence-electron chi connectivity index (χ1n) is 5.04. The monoisotopic (exact) mass is 212 g/mol. The molecular formula is C10H16N2OS. The zero-order chi connectivity index (χ0) is 9.97. The van der Waals surface area contributed by atoms with Crippen molar-refractivity contribution in [1.29, 1.82) is 0 Å². The van der Waals surface area contributed by atoms with Crippen molar-refractivity contribution in [3.05, 3.63) is 17.5 Å². The van der Waals surface area contributed by atoms with Crippen LogP contribution in [0.5, 0.6) is 0 Å². The molecule has 4 heteroatoms. The number of aliphatic hydroxyl groups is 1. The number of hydrogen-bond donors (Lipinski definition) is 1. The molecule has 0 amide bonds. The Hall–Kier alpha value is -0.480. The Labute approximate surface area is 88.5 Å². The van der Waals surface area contributed by atoms with E-state index in [1.165, 1.54) is 29.2 Å². The minimum absolute atomic E-state index is 0.214. The molecule has 1 aromatic rings. The van der Waals surface area contributed by atoms with Crippen molar-refractivity contribution in [2.45, 2.75) is 25.8 Å². The van der Waals surface area contributed by atoms with Crippen LogP contribution in [0.2, 0.25) is 0 Å². The Bertz CT molecular complexity index is 305. The van der Waals surface area contributed by atoms with Crippen molar-refractivity contribution in [3.63, 3.8) is 0 Å². The van der Waals surface area contributed by atoms with Crippen molar-refractivity contribution in [2.75, 3.05) is 18.1 Å². The molecule has 1 atom stereocenters. The van der Waals surface area contributed by atoms with E-state index in [2.05, 4.69) is 16.7 Å². The van der Waals surface area contributed by atoms with Gasteiger partial charge >= 0.3 is 0 Å². The second-order valence-corrected chi connectivity index (χ2v) is 4.84. The molecule has 0 radical (unpaired) electrons. The van der Waals surface area contributed by atoms with E-state index in [1.807, 2.05) is 18.0 Å². The number of hydrogen-bond acceptors (Lipinski definition) is 3. The Morgan fingerprint density at radius 2 is 2.57 bits per heavy atom. The van der Waals surface area contributed by atoms with Crippen LogP contribution in [-0.2, 0) is 6.42 Å². The third-order valence-electron chi connectivity index (χ3n) is 2.78. The van der Waals surface area contributed by atoms with Crippen LogP contribution in [0.3, 0.4) is 0 Å². The highest BCUT2D eigenvalue weighted by Crippen LogP contribution is 2.28. The van der Waals surface area contributed by atoms with E-state index in [9.17, 15) is 0 Å². The molecule has 1 fully saturated rings. The van der Waals surface area contributed by atoms with Gasteiger partial charge < -0.3 is 5.11 Å². The van der Waals surface area contributed by atoms with Crippen molar-refractivity contribution < 1.29 is 5.11 Å². The molecule has 0 spiro atoms. The number of rotatable bonds is 3. The molecule has 0 aliphatic carbocycles. The standard InChI is InChI=1S/C10H16N2OS/c1-8-9(2-4-13)6-11-12(8)10-3-5-14-7-10/h6,10,13H,2-5,7H2,1H3. The number of thioether (sulfide) groups is 1. The Morgan fingerprint density at radius 3 is 3.21 bits per heavy atom. The van der Waals surface area contributed by atoms with Gasteiger partial charge in [-0.25, -0.2) is 0 Å². The molecule has 0 aromatic carbocycles. The molecule has 14 heavy (non-hydrogen) atoms. The maximum Gasteiger partial charge on any atom is 0.0620 e. The van der Waals surface area contributed by atoms with Crippen LogP contribution in [-0.4, -0.2) is 33.0 Å². The van der Waals surface area contributed by atoms with E-state index < -0.39 is 0 Å². The lowest BCUT2D eigenvalue weighted by atomic mass is 10.2. The lowest BCUT2D eigenvalue weighted by Crippen LogP contribution is -2.11. The lowest BCUT2D eigenvalue weighted by Gasteiger charge is -2.11. The molecule has 1 unspecified atom stereocenters. The van der Waals surface area contributed by atoms with E-state index in [-0.39, 0.29) is 6.61 Å². The van der Waals surface area contributed by atoms with Crippen LogP contribution in [0.25, 0.3) is 0 Å². The molecule has 1 N–H and O–H groups in total. The van der Waals surface area contributed by atoms with Gasteiger partial charge in [-0.3, -0.25) is 4.68 Å². The first-order chi connectivity index (χ1) is 6.83. The summed E-state index contributed by atoms with van der Waals surface area (Å²) in [6.07, 6.45) is 3.85. The molecule has 2 rings (SSSR count). The summed E-state index contributed by atoms with van der Waals surface area (Å²) < 4.78 is 2.13. The van der Waals surface area contributed by atoms with Crippen molar-refractivity contribution in [2.24, 2.45) is 0 Å². The minimum Gasteiger partial charge on any atom is -0.396 e. The Balaban J connectivity index is 2.17. The van der Waals surface area contributed by atoms with Crippen LogP contribution in [0.1, 0.15) is 23.7 Å². The minimum atomic E-state index is 0.214. The highest BCUT2D eigenvalue weighted by Gasteiger charge is 2.20. The van der Waals surface area contributed by atoms with E-state index in [4.69, 9.17) is 5.11 Å². The fourth-order valence-electron chi connectivity index (χ4n) is 1.91. The summed E-state index contributed by atoms with van der Waals surface area (Å²) in [4.78, 5) is 0. The van der Waals surface area contributed by atoms with Gasteiger partial charge in [-0.05, 0) is 31.1 Å². The second-order valence-electron chi connectivity index (χ2n) is 3.69. The molecule has 2 heterocycles. The van der Waals surface area contributed by atoms with E-state index in [1.54, 1.807) is 0 Å². The predicted octanol–water partition coefficient (Wildman–Crippen LogP) is 1.40. The van der Waals surface area contributed by atoms with Crippen LogP contribution < -0.4 is 0 Å². The van der Waals surface area contributed by atoms with Crippen LogP contribution >= 0.6 is 11.8 Å². The fourth-order valence-corrected chi connectivity index (χ4v) is 3.09. The number of aromatic nitrogens is 2. The highest BCUT2D eigenvalue weighted by atomic mass is 32.2. The fraction of sp³-hybridized carbons (Fsp3) is 0.700. The maximum atomic E-state index is 8.88. The topological polar surface area (TPSA) is 38.1 Å². The first-order valence-corrected chi connectivity index (χ1v) is 6.20. The van der Waals surface area contributed by atoms with Gasteiger partial charge in [-0.15, -0.1) is 0 Å². The van der Waals surface area contributed by atoms with Crippen molar-refractivity contribution in [1.82, 2.24) is 9.78 Å². The average Bonchev–Trinajstić information content (AvgIpc) is 2.77. The molecule has 1 saturated heterocycles. The van der Waals surface area contributed by atoms with Gasteiger partial charge in [0.1, 0.15) is 0 Å². The Kier molecular flexibility index (Phi) is 3.13. The van der Waals surface area contributed by atoms with Gasteiger partial charge in [0.05, 0.1) is 12.2 Å². The SMILES string of the molecule is Cc1c(CCO)cnn1C1CCSC1. The molecule has 1 aliphatic rings. The van der Waals surface area contributed by atoms with Crippen molar-refractivity contribution in [3.8, 4) is 0 Å². The summed E-state index contributed by atoms with van der Waals surface area (Å²) in [5, 5.41) is 13.3. The van der Waals surface area contributed by atoms with Crippen LogP contribution in [0.15, 0.2) is 6.20 Å². The summed E-state index contributed by atoms with van der Waals surface area (Å²) in [5.74, 6) is 2.43. The number of aliphatic hydroxyl groups excluding tert-OH is 1. The molecule has 1 aliphatic heterocycles. The predicted molar refractivity (Wildman–Crippen MR) is 58.7 cm³/mol. The van der Waals surface area contributed by atoms with Gasteiger partial charge in [-0.1, -0.05) is 0 Å². The third-order valence-corrected chi connectivity index (χ3v) is 3.92. The van der Waals surface area contributed by atoms with Crippen molar-refractivity contribution >= 4 is 11.8 Å². The lowest BCUT2D eigenvalue weighted by molar-refractivity contribution is 0.299. The summed E-state index contributed by atoms with van der Waals surface area (Å²) in [7, 11) is 0. The quantitative estimate of drug-likeness (QED) is 0.823. The van der Waals surface area contributed by atoms with E-state index in [0.29, 0.717) is 6.04 Å². The molecule has 1 aromatic heterocycles. The van der Waals surface area contributed by atoms with Gasteiger partial charge in [-0.2, -0.15) is 16.9 Å². The molecule has 78 valence electrons. The zero-order valence-electron chi connectivity index (χ0n) is 8.44. The van der Waals surface area contributed by atoms with Gasteiger partial charge in [0.15, 0.2) is 0 Å². The third kappa shape index (κ3) is 1.81. The normalized spacial score (nSPS) is 21.7. The van der Waals surface area contributed by atoms with Crippen LogP contribution in [0, 0.1) is 6.92 Å². The van der Waals surface area contributed by atoms with Gasteiger partial charge in [0.25, 0.3) is 0 Å². The average molecular weight is 212 g/mol. The van der Waals surface area contributed by atoms with Crippen LogP contribution in [0.4, 0.5) is 0 Å². The van der Waals surface area contributed by atoms with Gasteiger partial charge in [0.2, 0.25) is 0 Å². The van der Waals surface area contributed by atoms with E-state index >= 15 is 0 Å². The highest BCUT2D eigenvalue weighted by molar-refractivity contribution is 7.99. The molecule has 0 saturated carbocycles.